The molecule has 8 nitrogen and oxygen atoms in total. The number of carbonyl (C=O) groups excluding carboxylic acids is 3. The van der Waals surface area contributed by atoms with E-state index in [1.54, 1.807) is 0 Å². The van der Waals surface area contributed by atoms with Crippen LogP contribution >= 0.6 is 0 Å². The summed E-state index contributed by atoms with van der Waals surface area (Å²) in [6.45, 7) is 5.84. The van der Waals surface area contributed by atoms with Gasteiger partial charge in [0.2, 0.25) is 5.91 Å². The van der Waals surface area contributed by atoms with E-state index < -0.39 is 11.6 Å². The fourth-order valence-electron chi connectivity index (χ4n) is 6.44. The molecule has 1 fully saturated rings. The molecule has 2 aliphatic rings. The third-order valence-corrected chi connectivity index (χ3v) is 8.94. The molecule has 3 aromatic rings. The van der Waals surface area contributed by atoms with Crippen LogP contribution in [0.5, 0.6) is 0 Å². The van der Waals surface area contributed by atoms with Crippen LogP contribution in [0.15, 0.2) is 54.7 Å². The van der Waals surface area contributed by atoms with Crippen molar-refractivity contribution < 1.29 is 14.4 Å². The lowest BCUT2D eigenvalue weighted by molar-refractivity contribution is -0.130. The van der Waals surface area contributed by atoms with Crippen LogP contribution in [0.1, 0.15) is 83.3 Å². The summed E-state index contributed by atoms with van der Waals surface area (Å²) in [6, 6.07) is 15.2. The Morgan fingerprint density at radius 1 is 1.05 bits per heavy atom. The maximum absolute atomic E-state index is 12.5. The number of para-hydroxylation sites is 2. The number of ketones is 1. The number of aromatic nitrogens is 1. The van der Waals surface area contributed by atoms with Crippen LogP contribution in [0.4, 0.5) is 10.5 Å². The number of Topliss-reactive ketones (excluding diaryl/α,β-unsaturated/α-hetero) is 1. The van der Waals surface area contributed by atoms with E-state index in [2.05, 4.69) is 30.2 Å². The molecule has 8 heteroatoms. The highest BCUT2D eigenvalue weighted by Crippen LogP contribution is 2.43. The summed E-state index contributed by atoms with van der Waals surface area (Å²) < 4.78 is 0. The first kappa shape index (κ1) is 30.3. The fourth-order valence-corrected chi connectivity index (χ4v) is 6.44. The molecule has 0 radical (unpaired) electrons. The Kier molecular flexibility index (Phi) is 9.53. The van der Waals surface area contributed by atoms with Crippen LogP contribution in [-0.4, -0.2) is 39.8 Å². The SMILES string of the molecule is CC(=O)[C@@H](Cc1c[nH]c2ccccc12)NC(=O)C1(N)CCCC1.CCCCC1(CC)Cc2ccccc2N1C(N)=O. The molecule has 1 aliphatic carbocycles. The van der Waals surface area contributed by atoms with Crippen molar-refractivity contribution in [1.82, 2.24) is 10.3 Å². The van der Waals surface area contributed by atoms with Crippen LogP contribution < -0.4 is 21.7 Å². The van der Waals surface area contributed by atoms with Crippen LogP contribution in [0.25, 0.3) is 10.9 Å². The number of benzene rings is 2. The zero-order chi connectivity index (χ0) is 29.6. The lowest BCUT2D eigenvalue weighted by atomic mass is 9.86. The van der Waals surface area contributed by atoms with E-state index in [-0.39, 0.29) is 23.3 Å². The Morgan fingerprint density at radius 2 is 1.73 bits per heavy atom. The summed E-state index contributed by atoms with van der Waals surface area (Å²) in [5.41, 5.74) is 15.2. The molecule has 2 heterocycles. The first-order valence-corrected chi connectivity index (χ1v) is 15.0. The number of aromatic amines is 1. The molecular formula is C33H45N5O3. The predicted octanol–water partition coefficient (Wildman–Crippen LogP) is 5.52. The number of amides is 3. The number of hydrogen-bond donors (Lipinski definition) is 4. The minimum atomic E-state index is -0.812. The van der Waals surface area contributed by atoms with E-state index in [0.717, 1.165) is 67.1 Å². The Balaban J connectivity index is 0.000000195. The number of H-pyrrole nitrogens is 1. The molecule has 1 unspecified atom stereocenters. The maximum atomic E-state index is 12.5. The van der Waals surface area contributed by atoms with Crippen molar-refractivity contribution in [3.63, 3.8) is 0 Å². The average Bonchev–Trinajstić information content (AvgIpc) is 3.68. The second-order valence-electron chi connectivity index (χ2n) is 11.7. The quantitative estimate of drug-likeness (QED) is 0.274. The van der Waals surface area contributed by atoms with Crippen molar-refractivity contribution in [3.8, 4) is 0 Å². The number of nitrogens with zero attached hydrogens (tertiary/aromatic N) is 1. The molecule has 1 aliphatic heterocycles. The highest BCUT2D eigenvalue weighted by atomic mass is 16.2. The molecule has 220 valence electrons. The van der Waals surface area contributed by atoms with Gasteiger partial charge in [-0.05, 0) is 62.3 Å². The van der Waals surface area contributed by atoms with Gasteiger partial charge in [0.25, 0.3) is 0 Å². The van der Waals surface area contributed by atoms with E-state index in [9.17, 15) is 14.4 Å². The van der Waals surface area contributed by atoms with Crippen LogP contribution in [0, 0.1) is 0 Å². The molecule has 1 aromatic heterocycles. The molecule has 3 amide bonds. The van der Waals surface area contributed by atoms with E-state index in [0.29, 0.717) is 19.3 Å². The molecule has 0 spiro atoms. The van der Waals surface area contributed by atoms with Gasteiger partial charge in [0.05, 0.1) is 17.1 Å². The topological polar surface area (TPSA) is 134 Å². The van der Waals surface area contributed by atoms with Crippen molar-refractivity contribution in [2.24, 2.45) is 11.5 Å². The highest BCUT2D eigenvalue weighted by Gasteiger charge is 2.44. The minimum Gasteiger partial charge on any atom is -0.361 e. The summed E-state index contributed by atoms with van der Waals surface area (Å²) in [7, 11) is 0. The van der Waals surface area contributed by atoms with Gasteiger partial charge in [0.15, 0.2) is 5.78 Å². The van der Waals surface area contributed by atoms with Gasteiger partial charge in [0.1, 0.15) is 0 Å². The predicted molar refractivity (Wildman–Crippen MR) is 165 cm³/mol. The number of anilines is 1. The summed E-state index contributed by atoms with van der Waals surface area (Å²) in [5, 5.41) is 3.95. The third-order valence-electron chi connectivity index (χ3n) is 8.94. The van der Waals surface area contributed by atoms with Crippen molar-refractivity contribution in [2.75, 3.05) is 4.90 Å². The largest absolute Gasteiger partial charge is 0.361 e. The molecular weight excluding hydrogens is 514 g/mol. The Bertz CT molecular complexity index is 1380. The number of carbonyl (C=O) groups is 3. The van der Waals surface area contributed by atoms with Crippen molar-refractivity contribution in [1.29, 1.82) is 0 Å². The monoisotopic (exact) mass is 559 g/mol. The maximum Gasteiger partial charge on any atom is 0.319 e. The number of urea groups is 1. The summed E-state index contributed by atoms with van der Waals surface area (Å²) >= 11 is 0. The summed E-state index contributed by atoms with van der Waals surface area (Å²) in [6.07, 6.45) is 10.9. The van der Waals surface area contributed by atoms with E-state index in [1.165, 1.54) is 12.5 Å². The minimum absolute atomic E-state index is 0.0507. The molecule has 1 saturated carbocycles. The number of nitrogens with two attached hydrogens (primary N) is 2. The number of rotatable bonds is 9. The van der Waals surface area contributed by atoms with Crippen molar-refractivity contribution in [3.05, 3.63) is 65.9 Å². The van der Waals surface area contributed by atoms with E-state index in [1.807, 2.05) is 53.6 Å². The molecule has 6 N–H and O–H groups in total. The first-order chi connectivity index (χ1) is 19.6. The Labute approximate surface area is 243 Å². The van der Waals surface area contributed by atoms with E-state index in [4.69, 9.17) is 11.5 Å². The molecule has 41 heavy (non-hydrogen) atoms. The third kappa shape index (κ3) is 6.48. The smallest absolute Gasteiger partial charge is 0.319 e. The summed E-state index contributed by atoms with van der Waals surface area (Å²) in [4.78, 5) is 41.4. The Hall–Kier alpha value is -3.65. The second-order valence-corrected chi connectivity index (χ2v) is 11.7. The van der Waals surface area contributed by atoms with Crippen LogP contribution in [-0.2, 0) is 22.4 Å². The number of fused-ring (bicyclic) bond motifs is 2. The Morgan fingerprint density at radius 3 is 2.39 bits per heavy atom. The van der Waals surface area contributed by atoms with Gasteiger partial charge in [-0.2, -0.15) is 0 Å². The zero-order valence-electron chi connectivity index (χ0n) is 24.7. The standard InChI is InChI=1S/C18H23N3O2.C15H22N2O/c1-12(22)16(21-17(23)18(19)8-4-5-9-18)10-13-11-20-15-7-3-2-6-14(13)15;1-3-5-10-15(4-2)11-12-8-6-7-9-13(12)17(15)14(16)18/h2-3,6-7,11,16,20H,4-5,8-10,19H2,1H3,(H,21,23);6-9H,3-5,10-11H2,1-2H3,(H2,16,18)/t16-;/m1./s1. The van der Waals surface area contributed by atoms with Gasteiger partial charge in [0, 0.05) is 29.2 Å². The van der Waals surface area contributed by atoms with Gasteiger partial charge < -0.3 is 21.8 Å². The fraction of sp³-hybridized carbons (Fsp3) is 0.485. The lowest BCUT2D eigenvalue weighted by Crippen LogP contribution is -2.56. The van der Waals surface area contributed by atoms with Crippen LogP contribution in [0.2, 0.25) is 0 Å². The molecule has 0 saturated heterocycles. The van der Waals surface area contributed by atoms with Gasteiger partial charge in [-0.1, -0.05) is 75.9 Å². The number of primary amides is 1. The summed E-state index contributed by atoms with van der Waals surface area (Å²) in [5.74, 6) is -0.250. The van der Waals surface area contributed by atoms with Crippen molar-refractivity contribution >= 4 is 34.3 Å². The lowest BCUT2D eigenvalue weighted by Gasteiger charge is -2.37. The average molecular weight is 560 g/mol. The number of nitrogens with one attached hydrogen (secondary N) is 2. The van der Waals surface area contributed by atoms with Gasteiger partial charge in [-0.3, -0.25) is 14.5 Å². The van der Waals surface area contributed by atoms with E-state index >= 15 is 0 Å². The normalized spacial score (nSPS) is 19.8. The van der Waals surface area contributed by atoms with Gasteiger partial charge in [-0.15, -0.1) is 0 Å². The van der Waals surface area contributed by atoms with Crippen LogP contribution in [0.3, 0.4) is 0 Å². The first-order valence-electron chi connectivity index (χ1n) is 15.0. The van der Waals surface area contributed by atoms with Crippen molar-refractivity contribution in [2.45, 2.75) is 102 Å². The zero-order valence-corrected chi connectivity index (χ0v) is 24.7. The van der Waals surface area contributed by atoms with Gasteiger partial charge >= 0.3 is 6.03 Å². The molecule has 0 bridgehead atoms. The van der Waals surface area contributed by atoms with Gasteiger partial charge in [-0.25, -0.2) is 4.79 Å². The highest BCUT2D eigenvalue weighted by molar-refractivity contribution is 5.95. The molecule has 5 rings (SSSR count). The number of hydrogen-bond acceptors (Lipinski definition) is 4. The number of unbranched alkanes of at least 4 members (excludes halogenated alkanes) is 1. The molecule has 2 atom stereocenters. The second kappa shape index (κ2) is 12.9. The molecule has 2 aromatic carbocycles.